The summed E-state index contributed by atoms with van der Waals surface area (Å²) < 4.78 is 153. The summed E-state index contributed by atoms with van der Waals surface area (Å²) in [5.41, 5.74) is 1.97. The smallest absolute Gasteiger partial charge is 0.387 e. The van der Waals surface area contributed by atoms with Crippen molar-refractivity contribution in [3.63, 3.8) is 0 Å². The van der Waals surface area contributed by atoms with E-state index in [2.05, 4.69) is 50.3 Å². The predicted octanol–water partition coefficient (Wildman–Crippen LogP) is 7.47. The average Bonchev–Trinajstić information content (AvgIpc) is 4.25. The van der Waals surface area contributed by atoms with E-state index in [-0.39, 0.29) is 92.5 Å². The number of hydrogen-bond donors (Lipinski definition) is 0. The third-order valence-corrected chi connectivity index (χ3v) is 16.4. The molecule has 0 radical (unpaired) electrons. The van der Waals surface area contributed by atoms with Gasteiger partial charge in [-0.25, -0.2) is 46.7 Å². The Hall–Kier alpha value is -8.48. The fourth-order valence-electron chi connectivity index (χ4n) is 8.20. The Labute approximate surface area is 468 Å². The Bertz CT molecular complexity index is 3440. The third-order valence-electron chi connectivity index (χ3n) is 12.3. The van der Waals surface area contributed by atoms with Gasteiger partial charge in [-0.2, -0.15) is 17.6 Å². The van der Waals surface area contributed by atoms with Crippen LogP contribution in [0.1, 0.15) is 60.5 Å². The van der Waals surface area contributed by atoms with Crippen LogP contribution in [0.2, 0.25) is 0 Å². The molecule has 82 heavy (non-hydrogen) atoms. The quantitative estimate of drug-likeness (QED) is 0.0530. The average molecular weight is 1180 g/mol. The van der Waals surface area contributed by atoms with Crippen LogP contribution in [-0.2, 0) is 40.7 Å². The number of benzene rings is 2. The fourth-order valence-corrected chi connectivity index (χ4v) is 11.0. The van der Waals surface area contributed by atoms with Gasteiger partial charge in [-0.05, 0) is 75.2 Å². The zero-order chi connectivity index (χ0) is 59.5. The fraction of sp³-hybridized carbons (Fsp3) is 0.346. The van der Waals surface area contributed by atoms with E-state index < -0.39 is 67.1 Å². The molecule has 0 N–H and O–H groups in total. The van der Waals surface area contributed by atoms with Gasteiger partial charge in [0, 0.05) is 51.1 Å². The molecule has 0 bridgehead atoms. The van der Waals surface area contributed by atoms with E-state index in [1.807, 2.05) is 0 Å². The van der Waals surface area contributed by atoms with Crippen LogP contribution in [0.5, 0.6) is 34.8 Å². The molecule has 0 aliphatic rings. The first kappa shape index (κ1) is 61.1. The van der Waals surface area contributed by atoms with Gasteiger partial charge in [0.1, 0.15) is 58.0 Å². The van der Waals surface area contributed by atoms with Crippen molar-refractivity contribution < 1.29 is 72.3 Å². The highest BCUT2D eigenvalue weighted by atomic mass is 32.2. The highest BCUT2D eigenvalue weighted by Crippen LogP contribution is 2.40. The van der Waals surface area contributed by atoms with E-state index in [1.54, 1.807) is 75.0 Å². The summed E-state index contributed by atoms with van der Waals surface area (Å²) in [5, 5.41) is 14.4. The summed E-state index contributed by atoms with van der Waals surface area (Å²) in [5.74, 6) is -1.01. The molecule has 0 amide bonds. The lowest BCUT2D eigenvalue weighted by Crippen LogP contribution is -2.30. The number of pyridine rings is 2. The van der Waals surface area contributed by atoms with Crippen molar-refractivity contribution >= 4 is 19.7 Å². The van der Waals surface area contributed by atoms with Gasteiger partial charge in [0.15, 0.2) is 66.1 Å². The largest absolute Gasteiger partial charge is 0.494 e. The van der Waals surface area contributed by atoms with Crippen LogP contribution in [0.25, 0.3) is 34.4 Å². The lowest BCUT2D eigenvalue weighted by molar-refractivity contribution is -0.0506. The van der Waals surface area contributed by atoms with Crippen LogP contribution >= 0.6 is 0 Å². The molecule has 0 fully saturated rings. The molecular formula is C52H56F4N12O12S2. The normalized spacial score (nSPS) is 13.2. The molecule has 24 nitrogen and oxygen atoms in total. The molecule has 8 aromatic rings. The van der Waals surface area contributed by atoms with Crippen molar-refractivity contribution in [2.75, 3.05) is 42.7 Å². The lowest BCUT2D eigenvalue weighted by Gasteiger charge is -2.22. The molecule has 0 spiro atoms. The van der Waals surface area contributed by atoms with Crippen LogP contribution < -0.4 is 28.4 Å². The van der Waals surface area contributed by atoms with Crippen LogP contribution in [-0.4, -0.2) is 143 Å². The molecule has 436 valence electrons. The first-order valence-corrected chi connectivity index (χ1v) is 27.8. The van der Waals surface area contributed by atoms with Crippen LogP contribution in [0.15, 0.2) is 97.6 Å². The van der Waals surface area contributed by atoms with E-state index in [9.17, 15) is 34.4 Å². The number of hydrogen-bond acceptors (Lipinski definition) is 22. The van der Waals surface area contributed by atoms with Crippen molar-refractivity contribution in [1.82, 2.24) is 59.4 Å². The number of methoxy groups -OCH3 is 6. The summed E-state index contributed by atoms with van der Waals surface area (Å²) in [6.45, 7) is 0.174. The van der Waals surface area contributed by atoms with Gasteiger partial charge >= 0.3 is 13.2 Å². The molecule has 6 aromatic heterocycles. The minimum Gasteiger partial charge on any atom is -0.494 e. The third kappa shape index (κ3) is 14.0. The minimum atomic E-state index is -4.05. The Kier molecular flexibility index (Phi) is 20.0. The molecule has 0 aliphatic heterocycles. The van der Waals surface area contributed by atoms with Gasteiger partial charge in [-0.15, -0.1) is 20.4 Å². The van der Waals surface area contributed by atoms with Crippen LogP contribution in [0.3, 0.4) is 0 Å². The van der Waals surface area contributed by atoms with Crippen molar-refractivity contribution in [2.45, 2.75) is 75.1 Å². The van der Waals surface area contributed by atoms with Gasteiger partial charge in [-0.1, -0.05) is 24.3 Å². The molecule has 8 rings (SSSR count). The van der Waals surface area contributed by atoms with Gasteiger partial charge < -0.3 is 37.9 Å². The predicted molar refractivity (Wildman–Crippen MR) is 286 cm³/mol. The first-order chi connectivity index (χ1) is 39.2. The number of para-hydroxylation sites is 2. The van der Waals surface area contributed by atoms with Crippen LogP contribution in [0, 0.1) is 13.8 Å². The van der Waals surface area contributed by atoms with Gasteiger partial charge in [0.2, 0.25) is 11.8 Å². The van der Waals surface area contributed by atoms with Crippen molar-refractivity contribution in [3.05, 3.63) is 132 Å². The molecule has 0 saturated carbocycles. The summed E-state index contributed by atoms with van der Waals surface area (Å²) >= 11 is 0. The molecule has 6 heterocycles. The molecule has 0 unspecified atom stereocenters. The Morgan fingerprint density at radius 2 is 0.817 bits per heavy atom. The van der Waals surface area contributed by atoms with Gasteiger partial charge in [0.25, 0.3) is 0 Å². The SMILES string of the molecule is COc1cccc(-c2nnc(CS(=O)(=O)[C@@H](C)[C@H](OC)c3ncc(C)cn3)n2-c2c(OC)cccc2OC(F)F)n1.COc1cccc(-c2nnc(CS(=O)(=O)[C@@H](C)[C@H](OC)c3ncc(C)cn3)n2-c2c(OC)cccc2OC(F)F)n1. The van der Waals surface area contributed by atoms with E-state index in [0.29, 0.717) is 0 Å². The maximum atomic E-state index is 13.8. The van der Waals surface area contributed by atoms with E-state index in [1.165, 1.54) is 102 Å². The van der Waals surface area contributed by atoms with Crippen molar-refractivity contribution in [2.24, 2.45) is 0 Å². The second-order valence-corrected chi connectivity index (χ2v) is 22.3. The zero-order valence-electron chi connectivity index (χ0n) is 45.7. The molecule has 30 heteroatoms. The second-order valence-electron chi connectivity index (χ2n) is 17.6. The highest BCUT2D eigenvalue weighted by molar-refractivity contribution is 7.91. The number of sulfone groups is 2. The van der Waals surface area contributed by atoms with Crippen molar-refractivity contribution in [3.8, 4) is 69.2 Å². The highest BCUT2D eigenvalue weighted by Gasteiger charge is 2.38. The van der Waals surface area contributed by atoms with E-state index in [4.69, 9.17) is 37.9 Å². The number of halogens is 4. The van der Waals surface area contributed by atoms with Crippen molar-refractivity contribution in [1.29, 1.82) is 0 Å². The number of aryl methyl sites for hydroxylation is 2. The summed E-state index contributed by atoms with van der Waals surface area (Å²) in [6.07, 6.45) is 4.24. The summed E-state index contributed by atoms with van der Waals surface area (Å²) in [6, 6.07) is 18.2. The number of aromatic nitrogens is 12. The van der Waals surface area contributed by atoms with Gasteiger partial charge in [0.05, 0.1) is 38.9 Å². The summed E-state index contributed by atoms with van der Waals surface area (Å²) in [4.78, 5) is 25.6. The van der Waals surface area contributed by atoms with E-state index in [0.717, 1.165) is 11.1 Å². The number of alkyl halides is 4. The Balaban J connectivity index is 0.000000236. The topological polar surface area (TPSA) is 281 Å². The Morgan fingerprint density at radius 1 is 0.476 bits per heavy atom. The monoisotopic (exact) mass is 1180 g/mol. The number of ether oxygens (including phenoxy) is 8. The van der Waals surface area contributed by atoms with Gasteiger partial charge in [-0.3, -0.25) is 9.13 Å². The molecule has 2 aromatic carbocycles. The zero-order valence-corrected chi connectivity index (χ0v) is 47.3. The summed E-state index contributed by atoms with van der Waals surface area (Å²) in [7, 11) is 0.132. The molecule has 0 aliphatic carbocycles. The second kappa shape index (κ2) is 26.9. The standard InChI is InChI=1S/2C26H28F2N6O6S/c2*1-15-12-29-24(30-13-15)23(39-5)16(2)41(35,36)14-20-32-33-25(17-8-6-11-21(31-17)38-4)34(20)22-18(37-3)9-7-10-19(22)40-26(27)28/h2*6-13,16,23,26H,14H2,1-5H3/t2*16-,23-/m00/s1. The maximum Gasteiger partial charge on any atom is 0.387 e. The number of nitrogens with zero attached hydrogens (tertiary/aromatic N) is 12. The van der Waals surface area contributed by atoms with E-state index >= 15 is 0 Å². The maximum absolute atomic E-state index is 13.8. The van der Waals surface area contributed by atoms with Crippen LogP contribution in [0.4, 0.5) is 17.6 Å². The lowest BCUT2D eigenvalue weighted by atomic mass is 10.2. The molecule has 0 saturated heterocycles. The number of rotatable bonds is 24. The minimum absolute atomic E-state index is 0.0375. The molecular weight excluding hydrogens is 1120 g/mol. The first-order valence-electron chi connectivity index (χ1n) is 24.4. The molecule has 4 atom stereocenters. The Morgan fingerprint density at radius 3 is 1.13 bits per heavy atom.